The largest absolute Gasteiger partial charge is 0.314 e. The summed E-state index contributed by atoms with van der Waals surface area (Å²) >= 11 is 0. The van der Waals surface area contributed by atoms with Gasteiger partial charge in [0.1, 0.15) is 0 Å². The molecular weight excluding hydrogens is 184 g/mol. The first-order chi connectivity index (χ1) is 7.42. The van der Waals surface area contributed by atoms with Crippen LogP contribution in [0.4, 0.5) is 0 Å². The molecule has 1 fully saturated rings. The van der Waals surface area contributed by atoms with Gasteiger partial charge in [-0.2, -0.15) is 0 Å². The van der Waals surface area contributed by atoms with E-state index in [0.717, 1.165) is 19.6 Å². The number of piperazine rings is 1. The van der Waals surface area contributed by atoms with Crippen molar-refractivity contribution < 1.29 is 0 Å². The average Bonchev–Trinajstić information content (AvgIpc) is 2.31. The molecule has 0 aliphatic carbocycles. The normalized spacial score (nSPS) is 22.5. The Morgan fingerprint density at radius 1 is 1.33 bits per heavy atom. The van der Waals surface area contributed by atoms with Crippen LogP contribution in [0.5, 0.6) is 0 Å². The number of hydrogen-bond acceptors (Lipinski definition) is 2. The monoisotopic (exact) mass is 201 g/mol. The number of rotatable bonds is 3. The predicted octanol–water partition coefficient (Wildman–Crippen LogP) is 1.98. The van der Waals surface area contributed by atoms with E-state index in [9.17, 15) is 0 Å². The van der Waals surface area contributed by atoms with Crippen LogP contribution in [0.1, 0.15) is 11.6 Å². The highest BCUT2D eigenvalue weighted by atomic mass is 15.2. The van der Waals surface area contributed by atoms with Gasteiger partial charge < -0.3 is 5.32 Å². The van der Waals surface area contributed by atoms with Gasteiger partial charge in [0, 0.05) is 32.2 Å². The summed E-state index contributed by atoms with van der Waals surface area (Å²) in [4.78, 5) is 2.35. The molecule has 1 atom stereocenters. The second kappa shape index (κ2) is 5.10. The van der Waals surface area contributed by atoms with Crippen LogP contribution in [0.3, 0.4) is 0 Å². The summed E-state index contributed by atoms with van der Waals surface area (Å²) in [5.41, 5.74) is 1.36. The van der Waals surface area contributed by atoms with Crippen molar-refractivity contribution in [3.05, 3.63) is 55.1 Å². The minimum atomic E-state index is 0.443. The minimum Gasteiger partial charge on any atom is -0.314 e. The van der Waals surface area contributed by atoms with Crippen molar-refractivity contribution in [2.75, 3.05) is 19.6 Å². The Kier molecular flexibility index (Phi) is 3.54. The van der Waals surface area contributed by atoms with Crippen LogP contribution in [-0.4, -0.2) is 24.5 Å². The first kappa shape index (κ1) is 10.4. The second-order valence-electron chi connectivity index (χ2n) is 3.75. The topological polar surface area (TPSA) is 15.3 Å². The Morgan fingerprint density at radius 3 is 2.87 bits per heavy atom. The van der Waals surface area contributed by atoms with Gasteiger partial charge in [0.15, 0.2) is 0 Å². The fraction of sp³-hybridized carbons (Fsp3) is 0.308. The third-order valence-electron chi connectivity index (χ3n) is 2.77. The van der Waals surface area contributed by atoms with Crippen molar-refractivity contribution >= 4 is 0 Å². The van der Waals surface area contributed by atoms with Crippen LogP contribution in [0.2, 0.25) is 0 Å². The third kappa shape index (κ3) is 2.46. The third-order valence-corrected chi connectivity index (χ3v) is 2.77. The van der Waals surface area contributed by atoms with Crippen LogP contribution in [0.25, 0.3) is 0 Å². The van der Waals surface area contributed by atoms with Crippen molar-refractivity contribution in [2.24, 2.45) is 0 Å². The number of benzene rings is 1. The first-order valence-electron chi connectivity index (χ1n) is 5.39. The van der Waals surface area contributed by atoms with Gasteiger partial charge in [-0.05, 0) is 5.56 Å². The molecule has 0 bridgehead atoms. The van der Waals surface area contributed by atoms with Crippen molar-refractivity contribution in [1.82, 2.24) is 10.2 Å². The summed E-state index contributed by atoms with van der Waals surface area (Å²) in [7, 11) is 0. The Bertz CT molecular complexity index is 308. The molecule has 1 radical (unpaired) electrons. The van der Waals surface area contributed by atoms with Crippen LogP contribution in [0, 0.1) is 6.54 Å². The zero-order valence-corrected chi connectivity index (χ0v) is 8.89. The molecule has 0 amide bonds. The molecule has 1 aliphatic rings. The maximum absolute atomic E-state index is 3.77. The number of hydrogen-bond donors (Lipinski definition) is 1. The molecule has 2 nitrogen and oxygen atoms in total. The van der Waals surface area contributed by atoms with E-state index in [4.69, 9.17) is 0 Å². The van der Waals surface area contributed by atoms with Crippen LogP contribution in [0.15, 0.2) is 43.0 Å². The molecule has 0 saturated carbocycles. The summed E-state index contributed by atoms with van der Waals surface area (Å²) in [5.74, 6) is 0. The van der Waals surface area contributed by atoms with Gasteiger partial charge in [-0.3, -0.25) is 4.90 Å². The molecule has 1 heterocycles. The maximum Gasteiger partial charge on any atom is 0.0479 e. The quantitative estimate of drug-likeness (QED) is 0.804. The fourth-order valence-electron chi connectivity index (χ4n) is 2.02. The zero-order chi connectivity index (χ0) is 10.5. The molecule has 1 unspecified atom stereocenters. The lowest BCUT2D eigenvalue weighted by Gasteiger charge is -2.35. The van der Waals surface area contributed by atoms with Gasteiger partial charge in [0.2, 0.25) is 0 Å². The second-order valence-corrected chi connectivity index (χ2v) is 3.75. The highest BCUT2D eigenvalue weighted by Gasteiger charge is 2.22. The summed E-state index contributed by atoms with van der Waals surface area (Å²) in [6.45, 7) is 8.95. The Labute approximate surface area is 91.6 Å². The summed E-state index contributed by atoms with van der Waals surface area (Å²) in [6.07, 6.45) is 1.86. The molecule has 1 aliphatic heterocycles. The number of nitrogens with one attached hydrogen (secondary N) is 1. The van der Waals surface area contributed by atoms with E-state index < -0.39 is 0 Å². The molecule has 0 spiro atoms. The highest BCUT2D eigenvalue weighted by Crippen LogP contribution is 2.22. The lowest BCUT2D eigenvalue weighted by Crippen LogP contribution is -2.44. The van der Waals surface area contributed by atoms with E-state index in [1.807, 2.05) is 6.08 Å². The average molecular weight is 201 g/mol. The Balaban J connectivity index is 2.14. The lowest BCUT2D eigenvalue weighted by atomic mass is 10.0. The van der Waals surface area contributed by atoms with E-state index in [-0.39, 0.29) is 0 Å². The first-order valence-corrected chi connectivity index (χ1v) is 5.39. The summed E-state index contributed by atoms with van der Waals surface area (Å²) in [6, 6.07) is 11.1. The van der Waals surface area contributed by atoms with E-state index in [0.29, 0.717) is 6.04 Å². The lowest BCUT2D eigenvalue weighted by molar-refractivity contribution is 0.212. The molecule has 79 valence electrons. The van der Waals surface area contributed by atoms with E-state index in [1.54, 1.807) is 0 Å². The molecule has 0 aromatic heterocycles. The standard InChI is InChI=1S/C13H17N2/c1-2-9-15-10-8-14-11-13(15)12-6-4-3-5-7-12/h2-7,9,13-14H,1,8,10-11H2. The molecule has 1 saturated heterocycles. The molecule has 2 rings (SSSR count). The summed E-state index contributed by atoms with van der Waals surface area (Å²) in [5, 5.41) is 3.43. The van der Waals surface area contributed by atoms with Gasteiger partial charge in [0.05, 0.1) is 0 Å². The molecule has 15 heavy (non-hydrogen) atoms. The fourth-order valence-corrected chi connectivity index (χ4v) is 2.02. The molecular formula is C13H17N2. The van der Waals surface area contributed by atoms with Crippen molar-refractivity contribution in [3.63, 3.8) is 0 Å². The molecule has 1 aromatic rings. The molecule has 2 heteroatoms. The molecule has 1 aromatic carbocycles. The Hall–Kier alpha value is -1.12. The SMILES string of the molecule is C=C[CH]N1CCNCC1c1ccccc1. The number of nitrogens with zero attached hydrogens (tertiary/aromatic N) is 1. The minimum absolute atomic E-state index is 0.443. The van der Waals surface area contributed by atoms with Crippen LogP contribution >= 0.6 is 0 Å². The highest BCUT2D eigenvalue weighted by molar-refractivity contribution is 5.20. The predicted molar refractivity (Wildman–Crippen MR) is 63.3 cm³/mol. The Morgan fingerprint density at radius 2 is 2.13 bits per heavy atom. The smallest absolute Gasteiger partial charge is 0.0479 e. The maximum atomic E-state index is 3.77. The molecule has 1 N–H and O–H groups in total. The van der Waals surface area contributed by atoms with Crippen molar-refractivity contribution in [1.29, 1.82) is 0 Å². The van der Waals surface area contributed by atoms with Gasteiger partial charge in [-0.25, -0.2) is 0 Å². The van der Waals surface area contributed by atoms with Crippen LogP contribution < -0.4 is 5.32 Å². The summed E-state index contributed by atoms with van der Waals surface area (Å²) < 4.78 is 0. The zero-order valence-electron chi connectivity index (χ0n) is 8.89. The van der Waals surface area contributed by atoms with Crippen molar-refractivity contribution in [3.8, 4) is 0 Å². The van der Waals surface area contributed by atoms with Gasteiger partial charge >= 0.3 is 0 Å². The van der Waals surface area contributed by atoms with Crippen molar-refractivity contribution in [2.45, 2.75) is 6.04 Å². The van der Waals surface area contributed by atoms with Crippen LogP contribution in [-0.2, 0) is 0 Å². The van der Waals surface area contributed by atoms with Gasteiger partial charge in [-0.1, -0.05) is 36.4 Å². The van der Waals surface area contributed by atoms with Gasteiger partial charge in [-0.15, -0.1) is 6.58 Å². The van der Waals surface area contributed by atoms with E-state index in [1.165, 1.54) is 5.56 Å². The van der Waals surface area contributed by atoms with Gasteiger partial charge in [0.25, 0.3) is 0 Å². The van der Waals surface area contributed by atoms with E-state index >= 15 is 0 Å². The van der Waals surface area contributed by atoms with E-state index in [2.05, 4.69) is 53.7 Å².